The zero-order chi connectivity index (χ0) is 19.9. The lowest BCUT2D eigenvalue weighted by Gasteiger charge is -2.12. The van der Waals surface area contributed by atoms with Crippen LogP contribution < -0.4 is 4.74 Å². The van der Waals surface area contributed by atoms with Crippen molar-refractivity contribution >= 4 is 29.0 Å². The Bertz CT molecular complexity index is 897. The van der Waals surface area contributed by atoms with E-state index in [4.69, 9.17) is 4.74 Å². The predicted molar refractivity (Wildman–Crippen MR) is 109 cm³/mol. The molecule has 0 saturated carbocycles. The average molecular weight is 399 g/mol. The maximum absolute atomic E-state index is 13.8. The molecule has 0 aliphatic carbocycles. The van der Waals surface area contributed by atoms with Gasteiger partial charge in [-0.2, -0.15) is 0 Å². The lowest BCUT2D eigenvalue weighted by molar-refractivity contribution is -0.122. The molecule has 0 atom stereocenters. The third kappa shape index (κ3) is 4.81. The summed E-state index contributed by atoms with van der Waals surface area (Å²) in [6, 6.07) is 13.6. The summed E-state index contributed by atoms with van der Waals surface area (Å²) in [5.41, 5.74) is 1.13. The van der Waals surface area contributed by atoms with E-state index in [9.17, 15) is 14.0 Å². The zero-order valence-electron chi connectivity index (χ0n) is 15.7. The van der Waals surface area contributed by atoms with Crippen molar-refractivity contribution in [3.63, 3.8) is 0 Å². The second kappa shape index (κ2) is 9.55. The van der Waals surface area contributed by atoms with E-state index < -0.39 is 0 Å². The number of nitrogens with zero attached hydrogens (tertiary/aromatic N) is 1. The molecule has 0 unspecified atom stereocenters. The summed E-state index contributed by atoms with van der Waals surface area (Å²) >= 11 is 0.943. The summed E-state index contributed by atoms with van der Waals surface area (Å²) in [6.45, 7) is 2.60. The number of carbonyl (C=O) groups excluding carboxylic acids is 2. The Morgan fingerprint density at radius 2 is 1.82 bits per heavy atom. The zero-order valence-corrected chi connectivity index (χ0v) is 16.5. The molecule has 6 heteroatoms. The predicted octanol–water partition coefficient (Wildman–Crippen LogP) is 5.63. The molecule has 0 bridgehead atoms. The van der Waals surface area contributed by atoms with Crippen LogP contribution in [0.4, 0.5) is 9.18 Å². The molecule has 0 aromatic heterocycles. The minimum Gasteiger partial charge on any atom is -0.488 e. The van der Waals surface area contributed by atoms with Gasteiger partial charge in [0.2, 0.25) is 0 Å². The molecule has 1 aliphatic heterocycles. The van der Waals surface area contributed by atoms with Crippen LogP contribution in [-0.4, -0.2) is 22.6 Å². The van der Waals surface area contributed by atoms with Crippen LogP contribution >= 0.6 is 11.8 Å². The molecule has 2 aromatic carbocycles. The number of ether oxygens (including phenoxy) is 1. The second-order valence-electron chi connectivity index (χ2n) is 6.46. The first-order valence-corrected chi connectivity index (χ1v) is 10.1. The molecule has 1 aliphatic rings. The van der Waals surface area contributed by atoms with Crippen LogP contribution in [0.3, 0.4) is 0 Å². The topological polar surface area (TPSA) is 46.6 Å². The van der Waals surface area contributed by atoms with Crippen LogP contribution in [0.1, 0.15) is 37.3 Å². The van der Waals surface area contributed by atoms with E-state index in [2.05, 4.69) is 6.92 Å². The molecule has 0 radical (unpaired) electrons. The molecule has 0 N–H and O–H groups in total. The maximum atomic E-state index is 13.8. The van der Waals surface area contributed by atoms with Crippen LogP contribution in [0.5, 0.6) is 5.75 Å². The van der Waals surface area contributed by atoms with Crippen LogP contribution in [0, 0.1) is 5.82 Å². The molecular weight excluding hydrogens is 377 g/mol. The summed E-state index contributed by atoms with van der Waals surface area (Å²) in [6.07, 6.45) is 4.48. The van der Waals surface area contributed by atoms with Gasteiger partial charge in [-0.25, -0.2) is 4.39 Å². The van der Waals surface area contributed by atoms with E-state index >= 15 is 0 Å². The van der Waals surface area contributed by atoms with Gasteiger partial charge in [0, 0.05) is 17.7 Å². The first-order valence-electron chi connectivity index (χ1n) is 9.30. The van der Waals surface area contributed by atoms with Gasteiger partial charge in [0.15, 0.2) is 0 Å². The summed E-state index contributed by atoms with van der Waals surface area (Å²) in [5.74, 6) is -0.0632. The van der Waals surface area contributed by atoms with Crippen molar-refractivity contribution in [1.82, 2.24) is 4.90 Å². The molecular formula is C22H22FNO3S. The van der Waals surface area contributed by atoms with E-state index in [0.29, 0.717) is 28.3 Å². The quantitative estimate of drug-likeness (QED) is 0.426. The highest BCUT2D eigenvalue weighted by Gasteiger charge is 2.34. The number of imide groups is 1. The Morgan fingerprint density at radius 3 is 2.61 bits per heavy atom. The van der Waals surface area contributed by atoms with Crippen molar-refractivity contribution in [2.24, 2.45) is 0 Å². The number of benzene rings is 2. The highest BCUT2D eigenvalue weighted by atomic mass is 32.2. The van der Waals surface area contributed by atoms with Crippen molar-refractivity contribution in [3.8, 4) is 5.75 Å². The number of hydrogen-bond acceptors (Lipinski definition) is 4. The maximum Gasteiger partial charge on any atom is 0.293 e. The highest BCUT2D eigenvalue weighted by molar-refractivity contribution is 8.18. The monoisotopic (exact) mass is 399 g/mol. The minimum atomic E-state index is -0.326. The van der Waals surface area contributed by atoms with E-state index in [0.717, 1.165) is 31.0 Å². The van der Waals surface area contributed by atoms with Gasteiger partial charge in [-0.3, -0.25) is 14.5 Å². The Hall–Kier alpha value is -2.60. The number of thioether (sulfide) groups is 1. The van der Waals surface area contributed by atoms with Crippen LogP contribution in [0.25, 0.3) is 6.08 Å². The van der Waals surface area contributed by atoms with Gasteiger partial charge in [-0.1, -0.05) is 56.2 Å². The molecule has 2 aromatic rings. The number of halogens is 1. The highest BCUT2D eigenvalue weighted by Crippen LogP contribution is 2.34. The van der Waals surface area contributed by atoms with E-state index in [-0.39, 0.29) is 23.6 Å². The molecule has 1 fully saturated rings. The van der Waals surface area contributed by atoms with Crippen LogP contribution in [-0.2, 0) is 11.4 Å². The summed E-state index contributed by atoms with van der Waals surface area (Å²) < 4.78 is 19.6. The van der Waals surface area contributed by atoms with Gasteiger partial charge in [0.05, 0.1) is 4.91 Å². The van der Waals surface area contributed by atoms with Gasteiger partial charge in [0.25, 0.3) is 11.1 Å². The van der Waals surface area contributed by atoms with Gasteiger partial charge < -0.3 is 4.74 Å². The van der Waals surface area contributed by atoms with Crippen molar-refractivity contribution in [3.05, 3.63) is 70.4 Å². The normalized spacial score (nSPS) is 15.5. The second-order valence-corrected chi connectivity index (χ2v) is 7.45. The minimum absolute atomic E-state index is 0.0794. The molecule has 1 heterocycles. The molecule has 146 valence electrons. The fourth-order valence-corrected chi connectivity index (χ4v) is 3.71. The largest absolute Gasteiger partial charge is 0.488 e. The Labute approximate surface area is 168 Å². The third-order valence-electron chi connectivity index (χ3n) is 4.41. The Kier molecular flexibility index (Phi) is 6.87. The van der Waals surface area contributed by atoms with Crippen molar-refractivity contribution in [2.45, 2.75) is 32.8 Å². The standard InChI is InChI=1S/C22H22FNO3S/c1-2-3-8-13-24-21(25)20(28-22(24)26)14-16-9-5-7-12-19(16)27-15-17-10-4-6-11-18(17)23/h4-7,9-12,14H,2-3,8,13,15H2,1H3/b20-14-. The van der Waals surface area contributed by atoms with Crippen LogP contribution in [0.15, 0.2) is 53.4 Å². The van der Waals surface area contributed by atoms with Gasteiger partial charge in [0.1, 0.15) is 18.2 Å². The third-order valence-corrected chi connectivity index (χ3v) is 5.31. The number of rotatable bonds is 8. The molecule has 4 nitrogen and oxygen atoms in total. The number of para-hydroxylation sites is 1. The van der Waals surface area contributed by atoms with Gasteiger partial charge in [-0.05, 0) is 36.4 Å². The number of carbonyl (C=O) groups is 2. The lowest BCUT2D eigenvalue weighted by atomic mass is 10.1. The lowest BCUT2D eigenvalue weighted by Crippen LogP contribution is -2.29. The van der Waals surface area contributed by atoms with Gasteiger partial charge in [-0.15, -0.1) is 0 Å². The fraction of sp³-hybridized carbons (Fsp3) is 0.273. The van der Waals surface area contributed by atoms with Crippen molar-refractivity contribution in [1.29, 1.82) is 0 Å². The van der Waals surface area contributed by atoms with Crippen molar-refractivity contribution in [2.75, 3.05) is 6.54 Å². The van der Waals surface area contributed by atoms with Gasteiger partial charge >= 0.3 is 0 Å². The fourth-order valence-electron chi connectivity index (χ4n) is 2.86. The molecule has 2 amide bonds. The summed E-state index contributed by atoms with van der Waals surface area (Å²) in [7, 11) is 0. The molecule has 3 rings (SSSR count). The first-order chi connectivity index (χ1) is 13.6. The summed E-state index contributed by atoms with van der Waals surface area (Å²) in [5, 5.41) is -0.239. The smallest absolute Gasteiger partial charge is 0.293 e. The van der Waals surface area contributed by atoms with Crippen molar-refractivity contribution < 1.29 is 18.7 Å². The molecule has 28 heavy (non-hydrogen) atoms. The molecule has 1 saturated heterocycles. The number of hydrogen-bond donors (Lipinski definition) is 0. The number of unbranched alkanes of at least 4 members (excludes halogenated alkanes) is 2. The molecule has 0 spiro atoms. The van der Waals surface area contributed by atoms with E-state index in [1.807, 2.05) is 18.2 Å². The number of amides is 2. The van der Waals surface area contributed by atoms with Crippen LogP contribution in [0.2, 0.25) is 0 Å². The first kappa shape index (κ1) is 20.1. The van der Waals surface area contributed by atoms with E-state index in [1.165, 1.54) is 11.0 Å². The SMILES string of the molecule is CCCCCN1C(=O)S/C(=C\c2ccccc2OCc2ccccc2F)C1=O. The Morgan fingerprint density at radius 1 is 1.07 bits per heavy atom. The van der Waals surface area contributed by atoms with E-state index in [1.54, 1.807) is 30.3 Å². The Balaban J connectivity index is 1.75. The summed E-state index contributed by atoms with van der Waals surface area (Å²) in [4.78, 5) is 26.4. The average Bonchev–Trinajstić information content (AvgIpc) is 2.96.